The molecule has 0 aromatic rings. The van der Waals surface area contributed by atoms with E-state index in [0.717, 1.165) is 0 Å². The van der Waals surface area contributed by atoms with Gasteiger partial charge in [0.25, 0.3) is 0 Å². The van der Waals surface area contributed by atoms with Crippen molar-refractivity contribution in [2.75, 3.05) is 0 Å². The monoisotopic (exact) mass is 357 g/mol. The molecular weight excluding hydrogens is 324 g/mol. The maximum atomic E-state index is 5.22. The van der Waals surface area contributed by atoms with Crippen LogP contribution in [-0.2, 0) is 0 Å². The van der Waals surface area contributed by atoms with E-state index < -0.39 is 0 Å². The molecule has 141 valence electrons. The number of hydrogen-bond acceptors (Lipinski definition) is 0. The van der Waals surface area contributed by atoms with Crippen molar-refractivity contribution in [1.29, 1.82) is 0 Å². The van der Waals surface area contributed by atoms with Gasteiger partial charge in [0.1, 0.15) is 0 Å². The van der Waals surface area contributed by atoms with Gasteiger partial charge in [-0.25, -0.2) is 0 Å². The first kappa shape index (κ1) is 24.1. The minimum atomic E-state index is 1.18. The lowest BCUT2D eigenvalue weighted by Crippen LogP contribution is -1.69. The fourth-order valence-corrected chi connectivity index (χ4v) is 1.84. The molecular formula is C27H33. The summed E-state index contributed by atoms with van der Waals surface area (Å²) in [4.78, 5) is 0. The van der Waals surface area contributed by atoms with Crippen LogP contribution in [0.25, 0.3) is 0 Å². The van der Waals surface area contributed by atoms with Gasteiger partial charge in [-0.2, -0.15) is 0 Å². The van der Waals surface area contributed by atoms with Crippen LogP contribution in [0.2, 0.25) is 0 Å². The van der Waals surface area contributed by atoms with Gasteiger partial charge in [0.15, 0.2) is 0 Å². The highest BCUT2D eigenvalue weighted by atomic mass is 13.9. The van der Waals surface area contributed by atoms with Crippen LogP contribution >= 0.6 is 0 Å². The first-order valence-electron chi connectivity index (χ1n) is 9.62. The Labute approximate surface area is 167 Å². The average Bonchev–Trinajstić information content (AvgIpc) is 2.68. The van der Waals surface area contributed by atoms with Gasteiger partial charge in [0, 0.05) is 0 Å². The Bertz CT molecular complexity index is 623. The molecule has 0 aliphatic carbocycles. The van der Waals surface area contributed by atoms with E-state index in [0.29, 0.717) is 0 Å². The molecule has 0 rings (SSSR count). The first-order valence-corrected chi connectivity index (χ1v) is 9.62. The van der Waals surface area contributed by atoms with E-state index in [1.165, 1.54) is 31.8 Å². The van der Waals surface area contributed by atoms with Crippen LogP contribution in [0.15, 0.2) is 128 Å². The zero-order valence-corrected chi connectivity index (χ0v) is 16.5. The molecule has 0 N–H and O–H groups in total. The second kappa shape index (κ2) is 23.1. The third kappa shape index (κ3) is 23.1. The van der Waals surface area contributed by atoms with E-state index in [4.69, 9.17) is 6.58 Å². The van der Waals surface area contributed by atoms with Crippen molar-refractivity contribution in [3.05, 3.63) is 134 Å². The number of unbranched alkanes of at least 4 members (excludes halogenated alkanes) is 3. The molecule has 0 saturated carbocycles. The largest absolute Gasteiger partial charge is 0.0845 e. The predicted octanol–water partition coefficient (Wildman–Crippen LogP) is 8.12. The summed E-state index contributed by atoms with van der Waals surface area (Å²) < 4.78 is 0. The van der Waals surface area contributed by atoms with Gasteiger partial charge in [-0.15, -0.1) is 0 Å². The lowest BCUT2D eigenvalue weighted by atomic mass is 10.2. The quantitative estimate of drug-likeness (QED) is 0.217. The van der Waals surface area contributed by atoms with Crippen LogP contribution in [0, 0.1) is 6.58 Å². The highest BCUT2D eigenvalue weighted by Gasteiger charge is 1.79. The van der Waals surface area contributed by atoms with Crippen LogP contribution in [0.3, 0.4) is 0 Å². The Hall–Kier alpha value is -2.86. The van der Waals surface area contributed by atoms with Gasteiger partial charge in [0.2, 0.25) is 0 Å². The molecule has 1 radical (unpaired) electrons. The molecule has 0 saturated heterocycles. The van der Waals surface area contributed by atoms with Crippen molar-refractivity contribution in [2.24, 2.45) is 0 Å². The van der Waals surface area contributed by atoms with E-state index in [1.807, 2.05) is 97.2 Å². The van der Waals surface area contributed by atoms with Gasteiger partial charge in [-0.3, -0.25) is 0 Å². The van der Waals surface area contributed by atoms with Gasteiger partial charge < -0.3 is 0 Å². The third-order valence-electron chi connectivity index (χ3n) is 3.22. The minimum absolute atomic E-state index is 1.18. The number of rotatable bonds is 14. The van der Waals surface area contributed by atoms with Gasteiger partial charge >= 0.3 is 0 Å². The predicted molar refractivity (Wildman–Crippen MR) is 124 cm³/mol. The van der Waals surface area contributed by atoms with Crippen molar-refractivity contribution in [2.45, 2.75) is 32.6 Å². The zero-order chi connectivity index (χ0) is 19.7. The van der Waals surface area contributed by atoms with Crippen molar-refractivity contribution in [1.82, 2.24) is 0 Å². The van der Waals surface area contributed by atoms with Crippen molar-refractivity contribution < 1.29 is 0 Å². The van der Waals surface area contributed by atoms with E-state index in [1.54, 1.807) is 6.08 Å². The molecule has 27 heavy (non-hydrogen) atoms. The van der Waals surface area contributed by atoms with Crippen LogP contribution in [0.1, 0.15) is 32.6 Å². The number of hydrogen-bond donors (Lipinski definition) is 0. The third-order valence-corrected chi connectivity index (χ3v) is 3.22. The maximum absolute atomic E-state index is 5.22. The van der Waals surface area contributed by atoms with E-state index in [9.17, 15) is 0 Å². The van der Waals surface area contributed by atoms with Gasteiger partial charge in [-0.05, 0) is 12.8 Å². The molecule has 0 heterocycles. The highest BCUT2D eigenvalue weighted by molar-refractivity contribution is 5.22. The Balaban J connectivity index is 3.85. The van der Waals surface area contributed by atoms with Crippen LogP contribution in [-0.4, -0.2) is 0 Å². The molecule has 0 spiro atoms. The normalized spacial score (nSPS) is 14.1. The molecule has 0 amide bonds. The fourth-order valence-electron chi connectivity index (χ4n) is 1.84. The van der Waals surface area contributed by atoms with Crippen LogP contribution < -0.4 is 0 Å². The van der Waals surface area contributed by atoms with E-state index >= 15 is 0 Å². The molecule has 0 atom stereocenters. The summed E-state index contributed by atoms with van der Waals surface area (Å²) in [6.07, 6.45) is 46.6. The van der Waals surface area contributed by atoms with Gasteiger partial charge in [0.05, 0.1) is 0 Å². The van der Waals surface area contributed by atoms with Gasteiger partial charge in [-0.1, -0.05) is 154 Å². The highest BCUT2D eigenvalue weighted by Crippen LogP contribution is 1.99. The molecule has 0 nitrogen and oxygen atoms in total. The van der Waals surface area contributed by atoms with Crippen molar-refractivity contribution in [3.63, 3.8) is 0 Å². The van der Waals surface area contributed by atoms with Crippen LogP contribution in [0.5, 0.6) is 0 Å². The summed E-state index contributed by atoms with van der Waals surface area (Å²) in [6, 6.07) is 0. The van der Waals surface area contributed by atoms with E-state index in [-0.39, 0.29) is 0 Å². The topological polar surface area (TPSA) is 0 Å². The van der Waals surface area contributed by atoms with Crippen molar-refractivity contribution >= 4 is 0 Å². The molecule has 0 fully saturated rings. The lowest BCUT2D eigenvalue weighted by Gasteiger charge is -1.89. The maximum Gasteiger partial charge on any atom is -0.0348 e. The Kier molecular flexibility index (Phi) is 20.7. The minimum Gasteiger partial charge on any atom is -0.0845 e. The fraction of sp³-hybridized carbons (Fsp3) is 0.185. The number of allylic oxidation sites excluding steroid dienone is 21. The Morgan fingerprint density at radius 2 is 0.778 bits per heavy atom. The summed E-state index contributed by atoms with van der Waals surface area (Å²) in [5, 5.41) is 0. The summed E-state index contributed by atoms with van der Waals surface area (Å²) in [6.45, 7) is 7.45. The molecule has 0 heteroatoms. The first-order chi connectivity index (χ1) is 13.4. The lowest BCUT2D eigenvalue weighted by molar-refractivity contribution is 0.729. The van der Waals surface area contributed by atoms with E-state index in [2.05, 4.69) is 25.2 Å². The smallest absolute Gasteiger partial charge is 0.0348 e. The summed E-state index contributed by atoms with van der Waals surface area (Å²) in [7, 11) is 0. The molecule has 0 aromatic heterocycles. The Morgan fingerprint density at radius 1 is 0.444 bits per heavy atom. The van der Waals surface area contributed by atoms with Crippen molar-refractivity contribution in [3.8, 4) is 0 Å². The second-order valence-corrected chi connectivity index (χ2v) is 5.58. The summed E-state index contributed by atoms with van der Waals surface area (Å²) >= 11 is 0. The zero-order valence-electron chi connectivity index (χ0n) is 16.5. The standard InChI is InChI=1S/C27H33/c1-3-5-7-9-11-13-15-17-19-21-23-25-27-26-24-22-20-18-16-14-12-10-8-6-4-2/h1,3,5,7,9,11-27H,4,6,8,10H2,2H3. The molecule has 0 aliphatic rings. The second-order valence-electron chi connectivity index (χ2n) is 5.58. The Morgan fingerprint density at radius 3 is 1.11 bits per heavy atom. The molecule has 0 unspecified atom stereocenters. The molecule has 0 aliphatic heterocycles. The SMILES string of the molecule is [CH]=CC=CC=CC=CC=CC=CC=CC=CC=CC=CC=CCCCCC. The molecule has 0 bridgehead atoms. The van der Waals surface area contributed by atoms with Crippen LogP contribution in [0.4, 0.5) is 0 Å². The average molecular weight is 358 g/mol. The summed E-state index contributed by atoms with van der Waals surface area (Å²) in [5.41, 5.74) is 0. The molecule has 0 aromatic carbocycles. The summed E-state index contributed by atoms with van der Waals surface area (Å²) in [5.74, 6) is 0.